The number of hydrogen-bond acceptors (Lipinski definition) is 2. The van der Waals surface area contributed by atoms with E-state index in [0.717, 1.165) is 22.4 Å². The second-order valence-electron chi connectivity index (χ2n) is 6.88. The molecule has 4 nitrogen and oxygen atoms in total. The number of carbonyl (C=O) groups is 1. The van der Waals surface area contributed by atoms with Crippen molar-refractivity contribution in [3.63, 3.8) is 0 Å². The minimum Gasteiger partial charge on any atom is -0.352 e. The van der Waals surface area contributed by atoms with E-state index in [1.807, 2.05) is 19.3 Å². The van der Waals surface area contributed by atoms with E-state index in [4.69, 9.17) is 0 Å². The molecule has 3 rings (SSSR count). The number of nitrogens with zero attached hydrogens (tertiary/aromatic N) is 2. The molecule has 5 heteroatoms. The summed E-state index contributed by atoms with van der Waals surface area (Å²) in [7, 11) is 1.84. The van der Waals surface area contributed by atoms with Crippen LogP contribution >= 0.6 is 0 Å². The maximum absolute atomic E-state index is 13.2. The van der Waals surface area contributed by atoms with Crippen LogP contribution in [-0.4, -0.2) is 15.7 Å². The highest BCUT2D eigenvalue weighted by Gasteiger charge is 2.12. The molecule has 0 saturated carbocycles. The Kier molecular flexibility index (Phi) is 5.69. The Morgan fingerprint density at radius 2 is 1.85 bits per heavy atom. The normalized spacial score (nSPS) is 10.8. The first-order chi connectivity index (χ1) is 12.9. The van der Waals surface area contributed by atoms with Gasteiger partial charge in [-0.3, -0.25) is 9.48 Å². The van der Waals surface area contributed by atoms with Crippen LogP contribution in [0.2, 0.25) is 0 Å². The van der Waals surface area contributed by atoms with Crippen molar-refractivity contribution in [2.75, 3.05) is 0 Å². The summed E-state index contributed by atoms with van der Waals surface area (Å²) >= 11 is 0. The van der Waals surface area contributed by atoms with Crippen LogP contribution in [0, 0.1) is 19.7 Å². The van der Waals surface area contributed by atoms with E-state index in [1.54, 1.807) is 16.8 Å². The molecule has 0 atom stereocenters. The molecular formula is C22H24FN3O. The van der Waals surface area contributed by atoms with Crippen LogP contribution in [0.1, 0.15) is 28.7 Å². The predicted octanol–water partition coefficient (Wildman–Crippen LogP) is 4.09. The number of rotatable bonds is 6. The topological polar surface area (TPSA) is 46.9 Å². The van der Waals surface area contributed by atoms with Crippen LogP contribution in [-0.2, 0) is 24.8 Å². The molecule has 0 aliphatic heterocycles. The minimum atomic E-state index is -0.276. The molecule has 1 aromatic heterocycles. The van der Waals surface area contributed by atoms with Gasteiger partial charge in [0.1, 0.15) is 5.82 Å². The second-order valence-corrected chi connectivity index (χ2v) is 6.88. The molecule has 0 fully saturated rings. The molecule has 2 aromatic carbocycles. The largest absolute Gasteiger partial charge is 0.352 e. The summed E-state index contributed by atoms with van der Waals surface area (Å²) in [6.45, 7) is 4.67. The molecule has 0 unspecified atom stereocenters. The van der Waals surface area contributed by atoms with E-state index in [-0.39, 0.29) is 11.7 Å². The highest BCUT2D eigenvalue weighted by Crippen LogP contribution is 2.23. The summed E-state index contributed by atoms with van der Waals surface area (Å²) in [5, 5.41) is 7.44. The van der Waals surface area contributed by atoms with Crippen molar-refractivity contribution in [3.05, 3.63) is 76.7 Å². The fraction of sp³-hybridized carbons (Fsp3) is 0.273. The third kappa shape index (κ3) is 4.82. The molecule has 1 amide bonds. The van der Waals surface area contributed by atoms with Gasteiger partial charge in [-0.25, -0.2) is 4.39 Å². The van der Waals surface area contributed by atoms with Gasteiger partial charge in [-0.1, -0.05) is 18.2 Å². The van der Waals surface area contributed by atoms with E-state index < -0.39 is 0 Å². The van der Waals surface area contributed by atoms with Crippen LogP contribution in [0.4, 0.5) is 4.39 Å². The third-order valence-electron chi connectivity index (χ3n) is 4.70. The average Bonchev–Trinajstić information content (AvgIpc) is 3.02. The third-order valence-corrected chi connectivity index (χ3v) is 4.70. The zero-order valence-corrected chi connectivity index (χ0v) is 15.9. The van der Waals surface area contributed by atoms with Crippen molar-refractivity contribution in [1.82, 2.24) is 15.1 Å². The smallest absolute Gasteiger partial charge is 0.220 e. The van der Waals surface area contributed by atoms with Crippen LogP contribution in [0.3, 0.4) is 0 Å². The molecule has 140 valence electrons. The lowest BCUT2D eigenvalue weighted by Crippen LogP contribution is -2.23. The highest BCUT2D eigenvalue weighted by atomic mass is 19.1. The molecule has 3 aromatic rings. The number of hydrogen-bond donors (Lipinski definition) is 1. The van der Waals surface area contributed by atoms with Gasteiger partial charge in [-0.05, 0) is 66.8 Å². The van der Waals surface area contributed by atoms with Gasteiger partial charge in [0.25, 0.3) is 0 Å². The van der Waals surface area contributed by atoms with Gasteiger partial charge < -0.3 is 5.32 Å². The number of carbonyl (C=O) groups excluding carboxylic acids is 1. The Balaban J connectivity index is 1.60. The highest BCUT2D eigenvalue weighted by molar-refractivity contribution is 5.76. The molecule has 0 aliphatic rings. The van der Waals surface area contributed by atoms with Crippen molar-refractivity contribution in [3.8, 4) is 11.3 Å². The summed E-state index contributed by atoms with van der Waals surface area (Å²) < 4.78 is 14.9. The molecule has 0 aliphatic carbocycles. The fourth-order valence-electron chi connectivity index (χ4n) is 3.02. The van der Waals surface area contributed by atoms with Crippen LogP contribution < -0.4 is 5.32 Å². The number of aryl methyl sites for hydroxylation is 4. The van der Waals surface area contributed by atoms with Crippen molar-refractivity contribution in [2.24, 2.45) is 7.05 Å². The lowest BCUT2D eigenvalue weighted by atomic mass is 10.0. The van der Waals surface area contributed by atoms with E-state index in [2.05, 4.69) is 36.4 Å². The van der Waals surface area contributed by atoms with Gasteiger partial charge in [0.2, 0.25) is 5.91 Å². The van der Waals surface area contributed by atoms with E-state index in [0.29, 0.717) is 19.4 Å². The summed E-state index contributed by atoms with van der Waals surface area (Å²) in [4.78, 5) is 12.3. The number of amides is 1. The standard InChI is InChI=1S/C22H24FN3O/c1-15-4-5-17(12-16(15)2)13-24-21(27)11-8-19-14-26(3)25-22(19)18-6-9-20(23)10-7-18/h4-7,9-10,12,14H,8,11,13H2,1-3H3,(H,24,27). The SMILES string of the molecule is Cc1ccc(CNC(=O)CCc2cn(C)nc2-c2ccc(F)cc2)cc1C. The van der Waals surface area contributed by atoms with E-state index in [9.17, 15) is 9.18 Å². The Bertz CT molecular complexity index is 945. The summed E-state index contributed by atoms with van der Waals surface area (Å²) in [5.74, 6) is -0.274. The van der Waals surface area contributed by atoms with E-state index in [1.165, 1.54) is 23.3 Å². The first-order valence-corrected chi connectivity index (χ1v) is 9.03. The molecule has 0 saturated heterocycles. The lowest BCUT2D eigenvalue weighted by molar-refractivity contribution is -0.121. The van der Waals surface area contributed by atoms with Gasteiger partial charge in [0.15, 0.2) is 0 Å². The molecule has 0 spiro atoms. The zero-order chi connectivity index (χ0) is 19.4. The van der Waals surface area contributed by atoms with Crippen LogP contribution in [0.25, 0.3) is 11.3 Å². The summed E-state index contributed by atoms with van der Waals surface area (Å²) in [6.07, 6.45) is 2.87. The number of halogens is 1. The zero-order valence-electron chi connectivity index (χ0n) is 15.9. The summed E-state index contributed by atoms with van der Waals surface area (Å²) in [5.41, 5.74) is 6.18. The van der Waals surface area contributed by atoms with Crippen molar-refractivity contribution >= 4 is 5.91 Å². The van der Waals surface area contributed by atoms with Crippen molar-refractivity contribution < 1.29 is 9.18 Å². The Morgan fingerprint density at radius 1 is 1.11 bits per heavy atom. The maximum Gasteiger partial charge on any atom is 0.220 e. The number of benzene rings is 2. The number of aromatic nitrogens is 2. The van der Waals surface area contributed by atoms with Gasteiger partial charge in [0.05, 0.1) is 5.69 Å². The van der Waals surface area contributed by atoms with Crippen molar-refractivity contribution in [2.45, 2.75) is 33.2 Å². The summed E-state index contributed by atoms with van der Waals surface area (Å²) in [6, 6.07) is 12.5. The predicted molar refractivity (Wildman–Crippen MR) is 105 cm³/mol. The molecular weight excluding hydrogens is 341 g/mol. The average molecular weight is 365 g/mol. The number of nitrogens with one attached hydrogen (secondary N) is 1. The van der Waals surface area contributed by atoms with Gasteiger partial charge >= 0.3 is 0 Å². The van der Waals surface area contributed by atoms with Gasteiger partial charge in [0, 0.05) is 31.8 Å². The van der Waals surface area contributed by atoms with E-state index >= 15 is 0 Å². The Labute approximate surface area is 159 Å². The van der Waals surface area contributed by atoms with Crippen LogP contribution in [0.5, 0.6) is 0 Å². The van der Waals surface area contributed by atoms with Gasteiger partial charge in [-0.15, -0.1) is 0 Å². The monoisotopic (exact) mass is 365 g/mol. The second kappa shape index (κ2) is 8.16. The first-order valence-electron chi connectivity index (χ1n) is 9.03. The molecule has 0 radical (unpaired) electrons. The maximum atomic E-state index is 13.2. The molecule has 1 N–H and O–H groups in total. The molecule has 27 heavy (non-hydrogen) atoms. The molecule has 1 heterocycles. The Hall–Kier alpha value is -2.95. The molecule has 0 bridgehead atoms. The Morgan fingerprint density at radius 3 is 2.56 bits per heavy atom. The minimum absolute atomic E-state index is 0.00198. The fourth-order valence-corrected chi connectivity index (χ4v) is 3.02. The lowest BCUT2D eigenvalue weighted by Gasteiger charge is -2.08. The van der Waals surface area contributed by atoms with Gasteiger partial charge in [-0.2, -0.15) is 5.10 Å². The first kappa shape index (κ1) is 18.8. The van der Waals surface area contributed by atoms with Crippen LogP contribution in [0.15, 0.2) is 48.7 Å². The quantitative estimate of drug-likeness (QED) is 0.715. The van der Waals surface area contributed by atoms with Crippen molar-refractivity contribution in [1.29, 1.82) is 0 Å².